The zero-order chi connectivity index (χ0) is 13.6. The monoisotopic (exact) mass is 279 g/mol. The Balaban J connectivity index is 2.55. The van der Waals surface area contributed by atoms with Crippen LogP contribution in [0, 0.1) is 5.92 Å². The van der Waals surface area contributed by atoms with Crippen molar-refractivity contribution < 1.29 is 23.1 Å². The van der Waals surface area contributed by atoms with Gasteiger partial charge in [0.15, 0.2) is 0 Å². The molecule has 1 rings (SSSR count). The van der Waals surface area contributed by atoms with E-state index < -0.39 is 28.0 Å². The van der Waals surface area contributed by atoms with Gasteiger partial charge in [-0.25, -0.2) is 13.1 Å². The third-order valence-electron chi connectivity index (χ3n) is 3.18. The zero-order valence-corrected chi connectivity index (χ0v) is 11.4. The van der Waals surface area contributed by atoms with Crippen LogP contribution in [0.2, 0.25) is 0 Å². The SMILES string of the molecule is COCCCS(=O)(=O)NC1CCCCC1C(=O)O. The summed E-state index contributed by atoms with van der Waals surface area (Å²) in [6.45, 7) is 0.383. The molecule has 0 aromatic carbocycles. The molecule has 1 aliphatic carbocycles. The van der Waals surface area contributed by atoms with Gasteiger partial charge in [0.2, 0.25) is 10.0 Å². The average molecular weight is 279 g/mol. The van der Waals surface area contributed by atoms with Gasteiger partial charge in [0.1, 0.15) is 0 Å². The lowest BCUT2D eigenvalue weighted by atomic mass is 9.85. The van der Waals surface area contributed by atoms with Gasteiger partial charge in [-0.15, -0.1) is 0 Å². The number of aliphatic carboxylic acids is 1. The Kier molecular flexibility index (Phi) is 6.04. The molecule has 18 heavy (non-hydrogen) atoms. The van der Waals surface area contributed by atoms with Crippen LogP contribution < -0.4 is 4.72 Å². The first-order chi connectivity index (χ1) is 8.46. The van der Waals surface area contributed by atoms with E-state index in [1.165, 1.54) is 7.11 Å². The van der Waals surface area contributed by atoms with E-state index in [2.05, 4.69) is 4.72 Å². The Labute approximate surface area is 108 Å². The maximum atomic E-state index is 11.8. The average Bonchev–Trinajstić information content (AvgIpc) is 2.29. The number of methoxy groups -OCH3 is 1. The van der Waals surface area contributed by atoms with E-state index in [-0.39, 0.29) is 5.75 Å². The van der Waals surface area contributed by atoms with Crippen molar-refractivity contribution in [2.75, 3.05) is 19.5 Å². The second-order valence-electron chi connectivity index (χ2n) is 4.62. The van der Waals surface area contributed by atoms with E-state index in [0.29, 0.717) is 25.9 Å². The highest BCUT2D eigenvalue weighted by molar-refractivity contribution is 7.89. The molecule has 2 unspecified atom stereocenters. The summed E-state index contributed by atoms with van der Waals surface area (Å²) in [4.78, 5) is 11.1. The molecule has 0 heterocycles. The van der Waals surface area contributed by atoms with Gasteiger partial charge in [-0.1, -0.05) is 12.8 Å². The minimum absolute atomic E-state index is 0.0241. The van der Waals surface area contributed by atoms with Crippen LogP contribution in [-0.2, 0) is 19.6 Å². The lowest BCUT2D eigenvalue weighted by Crippen LogP contribution is -2.45. The Morgan fingerprint density at radius 2 is 2.06 bits per heavy atom. The number of ether oxygens (including phenoxy) is 1. The smallest absolute Gasteiger partial charge is 0.308 e. The molecule has 1 saturated carbocycles. The molecule has 1 aliphatic rings. The summed E-state index contributed by atoms with van der Waals surface area (Å²) < 4.78 is 30.9. The lowest BCUT2D eigenvalue weighted by Gasteiger charge is -2.28. The van der Waals surface area contributed by atoms with Crippen molar-refractivity contribution in [1.82, 2.24) is 4.72 Å². The molecule has 0 spiro atoms. The molecule has 0 amide bonds. The third-order valence-corrected chi connectivity index (χ3v) is 4.66. The molecule has 0 bridgehead atoms. The van der Waals surface area contributed by atoms with Crippen LogP contribution >= 0.6 is 0 Å². The Morgan fingerprint density at radius 3 is 2.67 bits per heavy atom. The number of rotatable bonds is 7. The van der Waals surface area contributed by atoms with Gasteiger partial charge in [-0.3, -0.25) is 4.79 Å². The maximum absolute atomic E-state index is 11.8. The van der Waals surface area contributed by atoms with E-state index >= 15 is 0 Å². The van der Waals surface area contributed by atoms with Crippen LogP contribution in [-0.4, -0.2) is 45.0 Å². The maximum Gasteiger partial charge on any atom is 0.308 e. The molecule has 7 heteroatoms. The van der Waals surface area contributed by atoms with Crippen molar-refractivity contribution in [2.24, 2.45) is 5.92 Å². The van der Waals surface area contributed by atoms with Crippen LogP contribution in [0.4, 0.5) is 0 Å². The highest BCUT2D eigenvalue weighted by Crippen LogP contribution is 2.25. The van der Waals surface area contributed by atoms with E-state index in [0.717, 1.165) is 12.8 Å². The normalized spacial score (nSPS) is 24.9. The number of carboxylic acid groups (broad SMARTS) is 1. The van der Waals surface area contributed by atoms with Crippen LogP contribution in [0.25, 0.3) is 0 Å². The summed E-state index contributed by atoms with van der Waals surface area (Å²) in [6.07, 6.45) is 3.27. The minimum Gasteiger partial charge on any atom is -0.481 e. The van der Waals surface area contributed by atoms with Crippen LogP contribution in [0.3, 0.4) is 0 Å². The number of hydrogen-bond donors (Lipinski definition) is 2. The van der Waals surface area contributed by atoms with Gasteiger partial charge >= 0.3 is 5.97 Å². The van der Waals surface area contributed by atoms with Crippen molar-refractivity contribution in [2.45, 2.75) is 38.1 Å². The highest BCUT2D eigenvalue weighted by Gasteiger charge is 2.33. The van der Waals surface area contributed by atoms with Crippen LogP contribution in [0.1, 0.15) is 32.1 Å². The van der Waals surface area contributed by atoms with Crippen molar-refractivity contribution in [3.8, 4) is 0 Å². The van der Waals surface area contributed by atoms with E-state index in [4.69, 9.17) is 9.84 Å². The summed E-state index contributed by atoms with van der Waals surface area (Å²) in [5, 5.41) is 9.06. The number of carbonyl (C=O) groups is 1. The van der Waals surface area contributed by atoms with Crippen molar-refractivity contribution in [1.29, 1.82) is 0 Å². The van der Waals surface area contributed by atoms with Gasteiger partial charge in [-0.05, 0) is 19.3 Å². The molecule has 0 aliphatic heterocycles. The second kappa shape index (κ2) is 7.06. The summed E-state index contributed by atoms with van der Waals surface area (Å²) in [5.74, 6) is -1.54. The third kappa shape index (κ3) is 4.91. The summed E-state index contributed by atoms with van der Waals surface area (Å²) in [7, 11) is -1.90. The van der Waals surface area contributed by atoms with Gasteiger partial charge in [-0.2, -0.15) is 0 Å². The molecule has 106 valence electrons. The molecule has 0 aromatic heterocycles. The summed E-state index contributed by atoms with van der Waals surface area (Å²) in [5.41, 5.74) is 0. The minimum atomic E-state index is -3.41. The van der Waals surface area contributed by atoms with E-state index in [1.807, 2.05) is 0 Å². The predicted octanol–water partition coefficient (Wildman–Crippen LogP) is 0.586. The zero-order valence-electron chi connectivity index (χ0n) is 10.6. The van der Waals surface area contributed by atoms with Crippen molar-refractivity contribution >= 4 is 16.0 Å². The Hall–Kier alpha value is -0.660. The quantitative estimate of drug-likeness (QED) is 0.665. The van der Waals surface area contributed by atoms with Crippen LogP contribution in [0.5, 0.6) is 0 Å². The number of nitrogens with one attached hydrogen (secondary N) is 1. The predicted molar refractivity (Wildman–Crippen MR) is 66.8 cm³/mol. The highest BCUT2D eigenvalue weighted by atomic mass is 32.2. The standard InChI is InChI=1S/C11H21NO5S/c1-17-7-4-8-18(15,16)12-10-6-3-2-5-9(10)11(13)14/h9-10,12H,2-8H2,1H3,(H,13,14). The van der Waals surface area contributed by atoms with E-state index in [9.17, 15) is 13.2 Å². The molecule has 6 nitrogen and oxygen atoms in total. The summed E-state index contributed by atoms with van der Waals surface area (Å²) in [6, 6.07) is -0.469. The number of sulfonamides is 1. The fourth-order valence-corrected chi connectivity index (χ4v) is 3.61. The molecular weight excluding hydrogens is 258 g/mol. The number of hydrogen-bond acceptors (Lipinski definition) is 4. The second-order valence-corrected chi connectivity index (χ2v) is 6.49. The molecule has 1 fully saturated rings. The first kappa shape index (κ1) is 15.4. The van der Waals surface area contributed by atoms with E-state index in [1.54, 1.807) is 0 Å². The van der Waals surface area contributed by atoms with Gasteiger partial charge < -0.3 is 9.84 Å². The topological polar surface area (TPSA) is 92.7 Å². The first-order valence-corrected chi connectivity index (χ1v) is 7.83. The van der Waals surface area contributed by atoms with Gasteiger partial charge in [0.25, 0.3) is 0 Å². The largest absolute Gasteiger partial charge is 0.481 e. The molecule has 0 saturated heterocycles. The lowest BCUT2D eigenvalue weighted by molar-refractivity contribution is -0.143. The van der Waals surface area contributed by atoms with Gasteiger partial charge in [0.05, 0.1) is 11.7 Å². The molecule has 2 atom stereocenters. The van der Waals surface area contributed by atoms with Crippen molar-refractivity contribution in [3.05, 3.63) is 0 Å². The van der Waals surface area contributed by atoms with Crippen molar-refractivity contribution in [3.63, 3.8) is 0 Å². The Morgan fingerprint density at radius 1 is 1.39 bits per heavy atom. The van der Waals surface area contributed by atoms with Crippen LogP contribution in [0.15, 0.2) is 0 Å². The Bertz CT molecular complexity index is 368. The first-order valence-electron chi connectivity index (χ1n) is 6.18. The molecule has 0 aromatic rings. The number of carboxylic acids is 1. The fourth-order valence-electron chi connectivity index (χ4n) is 2.25. The molecular formula is C11H21NO5S. The fraction of sp³-hybridized carbons (Fsp3) is 0.909. The summed E-state index contributed by atoms with van der Waals surface area (Å²) >= 11 is 0. The molecule has 2 N–H and O–H groups in total. The molecule has 0 radical (unpaired) electrons. The van der Waals surface area contributed by atoms with Gasteiger partial charge in [0, 0.05) is 19.8 Å².